The topological polar surface area (TPSA) is 74.7 Å². The van der Waals surface area contributed by atoms with Crippen LogP contribution in [0.4, 0.5) is 11.5 Å². The van der Waals surface area contributed by atoms with Gasteiger partial charge in [0.1, 0.15) is 11.9 Å². The lowest BCUT2D eigenvalue weighted by molar-refractivity contribution is 1.11. The molecule has 0 aliphatic heterocycles. The molecule has 17 heavy (non-hydrogen) atoms. The second-order valence-electron chi connectivity index (χ2n) is 3.64. The number of nitrogens with two attached hydrogens (primary N) is 1. The summed E-state index contributed by atoms with van der Waals surface area (Å²) in [6.45, 7) is 0.680. The van der Waals surface area contributed by atoms with Gasteiger partial charge >= 0.3 is 0 Å². The molecule has 84 valence electrons. The van der Waals surface area contributed by atoms with E-state index in [0.717, 1.165) is 17.1 Å². The predicted octanol–water partition coefficient (Wildman–Crippen LogP) is 2.15. The molecule has 0 spiro atoms. The van der Waals surface area contributed by atoms with Crippen molar-refractivity contribution in [2.75, 3.05) is 11.1 Å². The molecule has 0 bridgehead atoms. The molecule has 0 radical (unpaired) electrons. The minimum atomic E-state index is 0.558. The smallest absolute Gasteiger partial charge is 0.126 e. The summed E-state index contributed by atoms with van der Waals surface area (Å²) in [5.41, 5.74) is 8.05. The van der Waals surface area contributed by atoms with E-state index in [9.17, 15) is 0 Å². The number of aromatic nitrogens is 1. The number of anilines is 2. The molecule has 3 N–H and O–H groups in total. The van der Waals surface area contributed by atoms with Gasteiger partial charge in [-0.25, -0.2) is 4.98 Å². The highest BCUT2D eigenvalue weighted by molar-refractivity contribution is 5.42. The lowest BCUT2D eigenvalue weighted by Crippen LogP contribution is -2.01. The van der Waals surface area contributed by atoms with Crippen LogP contribution in [0.25, 0.3) is 0 Å². The van der Waals surface area contributed by atoms with Gasteiger partial charge in [0, 0.05) is 18.4 Å². The Labute approximate surface area is 99.7 Å². The Morgan fingerprint density at radius 3 is 2.53 bits per heavy atom. The van der Waals surface area contributed by atoms with Gasteiger partial charge < -0.3 is 11.1 Å². The van der Waals surface area contributed by atoms with Gasteiger partial charge in [0.25, 0.3) is 0 Å². The molecule has 4 heteroatoms. The van der Waals surface area contributed by atoms with Crippen LogP contribution < -0.4 is 11.1 Å². The van der Waals surface area contributed by atoms with Crippen molar-refractivity contribution < 1.29 is 0 Å². The maximum absolute atomic E-state index is 8.64. The third-order valence-electron chi connectivity index (χ3n) is 2.35. The Hall–Kier alpha value is -2.54. The van der Waals surface area contributed by atoms with E-state index in [1.54, 1.807) is 18.3 Å². The molecule has 1 aromatic carbocycles. The number of nitrogens with one attached hydrogen (secondary N) is 1. The van der Waals surface area contributed by atoms with E-state index in [1.807, 2.05) is 30.3 Å². The van der Waals surface area contributed by atoms with Crippen LogP contribution in [0.15, 0.2) is 42.6 Å². The number of hydrogen-bond acceptors (Lipinski definition) is 4. The Kier molecular flexibility index (Phi) is 3.22. The van der Waals surface area contributed by atoms with Crippen LogP contribution >= 0.6 is 0 Å². The van der Waals surface area contributed by atoms with Crippen LogP contribution in [0, 0.1) is 11.3 Å². The van der Waals surface area contributed by atoms with Crippen LogP contribution in [0.1, 0.15) is 11.1 Å². The van der Waals surface area contributed by atoms with Gasteiger partial charge in [0.15, 0.2) is 0 Å². The van der Waals surface area contributed by atoms with Crippen LogP contribution in [0.2, 0.25) is 0 Å². The first kappa shape index (κ1) is 11.0. The average molecular weight is 224 g/mol. The number of nitrogens with zero attached hydrogens (tertiary/aromatic N) is 2. The molecule has 2 aromatic rings. The summed E-state index contributed by atoms with van der Waals surface area (Å²) in [4.78, 5) is 4.12. The van der Waals surface area contributed by atoms with Crippen molar-refractivity contribution in [3.8, 4) is 6.07 Å². The molecular formula is C13H12N4. The third kappa shape index (κ3) is 2.95. The van der Waals surface area contributed by atoms with E-state index in [-0.39, 0.29) is 0 Å². The number of pyridine rings is 1. The molecule has 0 aliphatic rings. The number of nitriles is 1. The number of benzene rings is 1. The number of nitrogen functional groups attached to an aromatic ring is 1. The first-order chi connectivity index (χ1) is 8.28. The summed E-state index contributed by atoms with van der Waals surface area (Å²) in [5.74, 6) is 0.751. The van der Waals surface area contributed by atoms with Gasteiger partial charge in [-0.1, -0.05) is 12.1 Å². The Morgan fingerprint density at radius 2 is 1.94 bits per heavy atom. The molecule has 0 fully saturated rings. The minimum Gasteiger partial charge on any atom is -0.399 e. The molecular weight excluding hydrogens is 212 g/mol. The fourth-order valence-electron chi connectivity index (χ4n) is 1.39. The zero-order valence-electron chi connectivity index (χ0n) is 9.22. The fourth-order valence-corrected chi connectivity index (χ4v) is 1.39. The zero-order valence-corrected chi connectivity index (χ0v) is 9.22. The molecule has 0 saturated heterocycles. The minimum absolute atomic E-state index is 0.558. The lowest BCUT2D eigenvalue weighted by atomic mass is 10.2. The van der Waals surface area contributed by atoms with Gasteiger partial charge in [-0.2, -0.15) is 5.26 Å². The van der Waals surface area contributed by atoms with Crippen molar-refractivity contribution in [3.63, 3.8) is 0 Å². The van der Waals surface area contributed by atoms with Gasteiger partial charge in [-0.3, -0.25) is 0 Å². The molecule has 4 nitrogen and oxygen atoms in total. The second kappa shape index (κ2) is 4.99. The summed E-state index contributed by atoms with van der Waals surface area (Å²) in [5, 5.41) is 11.8. The maximum Gasteiger partial charge on any atom is 0.126 e. The normalized spacial score (nSPS) is 9.59. The molecule has 0 unspecified atom stereocenters. The standard InChI is InChI=1S/C13H12N4/c14-7-11-3-6-13(17-9-11)16-8-10-1-4-12(15)5-2-10/h1-6,9H,8,15H2,(H,16,17). The van der Waals surface area contributed by atoms with E-state index in [2.05, 4.69) is 10.3 Å². The van der Waals surface area contributed by atoms with Crippen molar-refractivity contribution in [1.82, 2.24) is 4.98 Å². The van der Waals surface area contributed by atoms with E-state index in [1.165, 1.54) is 0 Å². The average Bonchev–Trinajstić information content (AvgIpc) is 2.39. The Balaban J connectivity index is 1.98. The van der Waals surface area contributed by atoms with Crippen molar-refractivity contribution in [3.05, 3.63) is 53.7 Å². The van der Waals surface area contributed by atoms with Crippen LogP contribution in [-0.4, -0.2) is 4.98 Å². The van der Waals surface area contributed by atoms with Crippen molar-refractivity contribution in [1.29, 1.82) is 5.26 Å². The first-order valence-electron chi connectivity index (χ1n) is 5.22. The Morgan fingerprint density at radius 1 is 1.18 bits per heavy atom. The molecule has 2 rings (SSSR count). The molecule has 0 amide bonds. The zero-order chi connectivity index (χ0) is 12.1. The van der Waals surface area contributed by atoms with Crippen LogP contribution in [0.3, 0.4) is 0 Å². The Bertz CT molecular complexity index is 523. The summed E-state index contributed by atoms with van der Waals surface area (Å²) in [7, 11) is 0. The number of hydrogen-bond donors (Lipinski definition) is 2. The van der Waals surface area contributed by atoms with Gasteiger partial charge in [-0.15, -0.1) is 0 Å². The van der Waals surface area contributed by atoms with Crippen molar-refractivity contribution >= 4 is 11.5 Å². The maximum atomic E-state index is 8.64. The van der Waals surface area contributed by atoms with E-state index >= 15 is 0 Å². The van der Waals surface area contributed by atoms with Crippen LogP contribution in [-0.2, 0) is 6.54 Å². The third-order valence-corrected chi connectivity index (χ3v) is 2.35. The molecule has 1 aromatic heterocycles. The van der Waals surface area contributed by atoms with Gasteiger partial charge in [0.2, 0.25) is 0 Å². The van der Waals surface area contributed by atoms with Gasteiger partial charge in [0.05, 0.1) is 5.56 Å². The van der Waals surface area contributed by atoms with Crippen molar-refractivity contribution in [2.24, 2.45) is 0 Å². The quantitative estimate of drug-likeness (QED) is 0.783. The van der Waals surface area contributed by atoms with Gasteiger partial charge in [-0.05, 0) is 29.8 Å². The highest BCUT2D eigenvalue weighted by Crippen LogP contribution is 2.09. The molecule has 0 aliphatic carbocycles. The molecule has 0 atom stereocenters. The predicted molar refractivity (Wildman–Crippen MR) is 67.1 cm³/mol. The summed E-state index contributed by atoms with van der Waals surface area (Å²) in [6.07, 6.45) is 1.55. The highest BCUT2D eigenvalue weighted by atomic mass is 15.0. The summed E-state index contributed by atoms with van der Waals surface area (Å²) < 4.78 is 0. The molecule has 1 heterocycles. The number of rotatable bonds is 3. The highest BCUT2D eigenvalue weighted by Gasteiger charge is 1.96. The van der Waals surface area contributed by atoms with E-state index in [4.69, 9.17) is 11.0 Å². The lowest BCUT2D eigenvalue weighted by Gasteiger charge is -2.05. The van der Waals surface area contributed by atoms with Crippen LogP contribution in [0.5, 0.6) is 0 Å². The summed E-state index contributed by atoms with van der Waals surface area (Å²) in [6, 6.07) is 13.2. The van der Waals surface area contributed by atoms with E-state index < -0.39 is 0 Å². The SMILES string of the molecule is N#Cc1ccc(NCc2ccc(N)cc2)nc1. The molecule has 0 saturated carbocycles. The summed E-state index contributed by atoms with van der Waals surface area (Å²) >= 11 is 0. The largest absolute Gasteiger partial charge is 0.399 e. The fraction of sp³-hybridized carbons (Fsp3) is 0.0769. The second-order valence-corrected chi connectivity index (χ2v) is 3.64. The van der Waals surface area contributed by atoms with Crippen molar-refractivity contribution in [2.45, 2.75) is 6.54 Å². The monoisotopic (exact) mass is 224 g/mol. The first-order valence-corrected chi connectivity index (χ1v) is 5.22. The van der Waals surface area contributed by atoms with E-state index in [0.29, 0.717) is 12.1 Å².